The summed E-state index contributed by atoms with van der Waals surface area (Å²) in [6.07, 6.45) is 1.69. The van der Waals surface area contributed by atoms with Crippen molar-refractivity contribution in [1.82, 2.24) is 10.3 Å². The van der Waals surface area contributed by atoms with E-state index in [-0.39, 0.29) is 0 Å². The lowest BCUT2D eigenvalue weighted by Gasteiger charge is -2.11. The Morgan fingerprint density at radius 1 is 1.10 bits per heavy atom. The van der Waals surface area contributed by atoms with E-state index in [1.807, 2.05) is 6.07 Å². The molecule has 0 unspecified atom stereocenters. The van der Waals surface area contributed by atoms with E-state index in [9.17, 15) is 0 Å². The van der Waals surface area contributed by atoms with Crippen LogP contribution in [0, 0.1) is 0 Å². The Morgan fingerprint density at radius 2 is 1.81 bits per heavy atom. The fourth-order valence-electron chi connectivity index (χ4n) is 1.63. The zero-order chi connectivity index (χ0) is 15.4. The number of benzene rings is 1. The van der Waals surface area contributed by atoms with E-state index in [0.29, 0.717) is 39.2 Å². The summed E-state index contributed by atoms with van der Waals surface area (Å²) in [5.74, 6) is 1.10. The molecule has 0 spiro atoms. The molecular formula is C15H15Cl3N2O. The van der Waals surface area contributed by atoms with Crippen LogP contribution in [-0.4, -0.2) is 11.0 Å². The van der Waals surface area contributed by atoms with Crippen molar-refractivity contribution in [3.63, 3.8) is 0 Å². The maximum Gasteiger partial charge on any atom is 0.147 e. The van der Waals surface area contributed by atoms with Crippen LogP contribution in [0.1, 0.15) is 19.5 Å². The lowest BCUT2D eigenvalue weighted by Crippen LogP contribution is -2.22. The number of halogens is 3. The van der Waals surface area contributed by atoms with Crippen LogP contribution in [0.2, 0.25) is 15.1 Å². The van der Waals surface area contributed by atoms with Gasteiger partial charge >= 0.3 is 0 Å². The molecule has 0 aliphatic carbocycles. The molecule has 1 N–H and O–H groups in total. The van der Waals surface area contributed by atoms with Crippen molar-refractivity contribution in [3.05, 3.63) is 51.2 Å². The van der Waals surface area contributed by atoms with Gasteiger partial charge in [-0.15, -0.1) is 0 Å². The van der Waals surface area contributed by atoms with E-state index in [4.69, 9.17) is 39.5 Å². The first-order valence-corrected chi connectivity index (χ1v) is 7.60. The van der Waals surface area contributed by atoms with Crippen molar-refractivity contribution in [2.75, 3.05) is 0 Å². The van der Waals surface area contributed by atoms with Crippen molar-refractivity contribution in [1.29, 1.82) is 0 Å². The molecule has 1 aromatic heterocycles. The Kier molecular flexibility index (Phi) is 5.71. The maximum atomic E-state index is 6.10. The van der Waals surface area contributed by atoms with Crippen LogP contribution in [0.4, 0.5) is 0 Å². The molecule has 0 radical (unpaired) electrons. The van der Waals surface area contributed by atoms with E-state index in [2.05, 4.69) is 24.1 Å². The summed E-state index contributed by atoms with van der Waals surface area (Å²) >= 11 is 18.0. The van der Waals surface area contributed by atoms with Crippen LogP contribution >= 0.6 is 34.8 Å². The van der Waals surface area contributed by atoms with Crippen LogP contribution in [-0.2, 0) is 6.54 Å². The van der Waals surface area contributed by atoms with Crippen molar-refractivity contribution < 1.29 is 4.74 Å². The van der Waals surface area contributed by atoms with Gasteiger partial charge in [0.2, 0.25) is 0 Å². The molecule has 0 saturated heterocycles. The van der Waals surface area contributed by atoms with E-state index < -0.39 is 0 Å². The summed E-state index contributed by atoms with van der Waals surface area (Å²) in [6, 6.07) is 7.16. The lowest BCUT2D eigenvalue weighted by atomic mass is 10.3. The summed E-state index contributed by atoms with van der Waals surface area (Å²) < 4.78 is 5.75. The van der Waals surface area contributed by atoms with E-state index >= 15 is 0 Å². The van der Waals surface area contributed by atoms with Gasteiger partial charge in [-0.3, -0.25) is 4.98 Å². The monoisotopic (exact) mass is 344 g/mol. The fourth-order valence-corrected chi connectivity index (χ4v) is 2.21. The zero-order valence-corrected chi connectivity index (χ0v) is 13.9. The predicted molar refractivity (Wildman–Crippen MR) is 87.8 cm³/mol. The average Bonchev–Trinajstić information content (AvgIpc) is 2.43. The van der Waals surface area contributed by atoms with Crippen LogP contribution in [0.5, 0.6) is 11.5 Å². The smallest absolute Gasteiger partial charge is 0.147 e. The molecule has 2 aromatic rings. The molecule has 0 fully saturated rings. The molecule has 0 atom stereocenters. The molecule has 0 bridgehead atoms. The second-order valence-electron chi connectivity index (χ2n) is 4.82. The summed E-state index contributed by atoms with van der Waals surface area (Å²) in [5.41, 5.74) is 0.886. The lowest BCUT2D eigenvalue weighted by molar-refractivity contribution is 0.480. The SMILES string of the molecule is CC(C)NCc1cc(Oc2cc(Cl)c(Cl)cc2Cl)ccn1. The summed E-state index contributed by atoms with van der Waals surface area (Å²) in [5, 5.41) is 4.49. The number of nitrogens with one attached hydrogen (secondary N) is 1. The molecule has 3 nitrogen and oxygen atoms in total. The molecule has 1 heterocycles. The molecule has 0 amide bonds. The number of aromatic nitrogens is 1. The van der Waals surface area contributed by atoms with E-state index in [1.54, 1.807) is 24.4 Å². The first-order valence-electron chi connectivity index (χ1n) is 6.46. The van der Waals surface area contributed by atoms with Gasteiger partial charge in [0.1, 0.15) is 11.5 Å². The highest BCUT2D eigenvalue weighted by Crippen LogP contribution is 2.36. The summed E-state index contributed by atoms with van der Waals surface area (Å²) in [4.78, 5) is 4.28. The molecule has 6 heteroatoms. The second kappa shape index (κ2) is 7.32. The highest BCUT2D eigenvalue weighted by molar-refractivity contribution is 6.43. The molecule has 0 aliphatic heterocycles. The van der Waals surface area contributed by atoms with Crippen molar-refractivity contribution in [3.8, 4) is 11.5 Å². The van der Waals surface area contributed by atoms with Gasteiger partial charge in [-0.25, -0.2) is 0 Å². The van der Waals surface area contributed by atoms with Gasteiger partial charge < -0.3 is 10.1 Å². The van der Waals surface area contributed by atoms with Crippen LogP contribution in [0.15, 0.2) is 30.5 Å². The number of rotatable bonds is 5. The molecule has 2 rings (SSSR count). The first-order chi connectivity index (χ1) is 9.95. The zero-order valence-electron chi connectivity index (χ0n) is 11.7. The van der Waals surface area contributed by atoms with Gasteiger partial charge in [-0.2, -0.15) is 0 Å². The minimum Gasteiger partial charge on any atom is -0.456 e. The normalized spacial score (nSPS) is 11.0. The molecule has 0 aliphatic rings. The van der Waals surface area contributed by atoms with Gasteiger partial charge in [0.25, 0.3) is 0 Å². The van der Waals surface area contributed by atoms with Crippen LogP contribution in [0.25, 0.3) is 0 Å². The predicted octanol–water partition coefficient (Wildman–Crippen LogP) is 5.33. The molecule has 112 valence electrons. The van der Waals surface area contributed by atoms with E-state index in [1.165, 1.54) is 0 Å². The van der Waals surface area contributed by atoms with Crippen molar-refractivity contribution in [2.24, 2.45) is 0 Å². The number of nitrogens with zero attached hydrogens (tertiary/aromatic N) is 1. The van der Waals surface area contributed by atoms with Gasteiger partial charge in [0, 0.05) is 30.9 Å². The number of hydrogen-bond acceptors (Lipinski definition) is 3. The Bertz CT molecular complexity index is 632. The van der Waals surface area contributed by atoms with Gasteiger partial charge in [0.05, 0.1) is 20.8 Å². The van der Waals surface area contributed by atoms with Gasteiger partial charge in [-0.05, 0) is 12.1 Å². The van der Waals surface area contributed by atoms with Crippen LogP contribution < -0.4 is 10.1 Å². The first kappa shape index (κ1) is 16.4. The molecule has 21 heavy (non-hydrogen) atoms. The molecule has 0 saturated carbocycles. The van der Waals surface area contributed by atoms with Gasteiger partial charge in [0.15, 0.2) is 0 Å². The number of pyridine rings is 1. The standard InChI is InChI=1S/C15H15Cl3N2O/c1-9(2)20-8-10-5-11(3-4-19-10)21-15-7-13(17)12(16)6-14(15)18/h3-7,9,20H,8H2,1-2H3. The minimum atomic E-state index is 0.390. The maximum absolute atomic E-state index is 6.10. The van der Waals surface area contributed by atoms with Crippen molar-refractivity contribution in [2.45, 2.75) is 26.4 Å². The fraction of sp³-hybridized carbons (Fsp3) is 0.267. The van der Waals surface area contributed by atoms with Crippen LogP contribution in [0.3, 0.4) is 0 Å². The Labute approximate surface area is 139 Å². The molecular weight excluding hydrogens is 331 g/mol. The third kappa shape index (κ3) is 4.75. The third-order valence-electron chi connectivity index (χ3n) is 2.68. The van der Waals surface area contributed by atoms with Gasteiger partial charge in [-0.1, -0.05) is 48.7 Å². The second-order valence-corrected chi connectivity index (χ2v) is 6.04. The quantitative estimate of drug-likeness (QED) is 0.743. The topological polar surface area (TPSA) is 34.1 Å². The number of ether oxygens (including phenoxy) is 1. The average molecular weight is 346 g/mol. The Balaban J connectivity index is 2.16. The minimum absolute atomic E-state index is 0.390. The highest BCUT2D eigenvalue weighted by atomic mass is 35.5. The summed E-state index contributed by atoms with van der Waals surface area (Å²) in [7, 11) is 0. The third-order valence-corrected chi connectivity index (χ3v) is 3.70. The Morgan fingerprint density at radius 3 is 2.52 bits per heavy atom. The van der Waals surface area contributed by atoms with Crippen molar-refractivity contribution >= 4 is 34.8 Å². The Hall–Kier alpha value is -1.00. The molecule has 1 aromatic carbocycles. The number of hydrogen-bond donors (Lipinski definition) is 1. The summed E-state index contributed by atoms with van der Waals surface area (Å²) in [6.45, 7) is 4.83. The largest absolute Gasteiger partial charge is 0.456 e. The van der Waals surface area contributed by atoms with E-state index in [0.717, 1.165) is 5.69 Å². The highest BCUT2D eigenvalue weighted by Gasteiger charge is 2.09.